The molecule has 3 heterocycles. The number of nitrogens with zero attached hydrogens (tertiary/aromatic N) is 4. The van der Waals surface area contributed by atoms with Crippen LogP contribution in [0, 0.1) is 17.8 Å². The molecule has 1 aromatic heterocycles. The third kappa shape index (κ3) is 3.14. The van der Waals surface area contributed by atoms with Gasteiger partial charge in [-0.15, -0.1) is 10.2 Å². The van der Waals surface area contributed by atoms with Gasteiger partial charge in [0.15, 0.2) is 0 Å². The molecule has 26 heavy (non-hydrogen) atoms. The Hall–Kier alpha value is -2.21. The Morgan fingerprint density at radius 2 is 1.88 bits per heavy atom. The van der Waals surface area contributed by atoms with Crippen molar-refractivity contribution in [1.82, 2.24) is 25.0 Å². The number of likely N-dealkylation sites (tertiary alicyclic amines) is 1. The van der Waals surface area contributed by atoms with E-state index in [9.17, 15) is 4.79 Å². The van der Waals surface area contributed by atoms with Crippen LogP contribution in [-0.4, -0.2) is 45.2 Å². The minimum absolute atomic E-state index is 0.126. The number of carbonyl (C=O) groups is 1. The number of amides is 1. The lowest BCUT2D eigenvalue weighted by molar-refractivity contribution is 0.0932. The molecule has 0 radical (unpaired) electrons. The lowest BCUT2D eigenvalue weighted by Gasteiger charge is -2.25. The first kappa shape index (κ1) is 16.0. The summed E-state index contributed by atoms with van der Waals surface area (Å²) < 4.78 is 2.06. The zero-order chi connectivity index (χ0) is 17.5. The van der Waals surface area contributed by atoms with Crippen LogP contribution in [0.1, 0.15) is 34.8 Å². The van der Waals surface area contributed by atoms with Crippen LogP contribution in [0.2, 0.25) is 0 Å². The van der Waals surface area contributed by atoms with Crippen LogP contribution in [0.25, 0.3) is 0 Å². The van der Waals surface area contributed by atoms with Crippen LogP contribution in [0.3, 0.4) is 0 Å². The average molecular weight is 351 g/mol. The molecule has 1 aliphatic carbocycles. The number of fused-ring (bicyclic) bond motifs is 2. The summed E-state index contributed by atoms with van der Waals surface area (Å²) >= 11 is 0. The van der Waals surface area contributed by atoms with Gasteiger partial charge >= 0.3 is 0 Å². The van der Waals surface area contributed by atoms with Crippen molar-refractivity contribution in [3.63, 3.8) is 0 Å². The van der Waals surface area contributed by atoms with E-state index in [1.54, 1.807) is 0 Å². The van der Waals surface area contributed by atoms with Gasteiger partial charge in [0.25, 0.3) is 5.91 Å². The fourth-order valence-electron chi connectivity index (χ4n) is 4.46. The van der Waals surface area contributed by atoms with Gasteiger partial charge in [-0.3, -0.25) is 4.79 Å². The van der Waals surface area contributed by atoms with Crippen molar-refractivity contribution in [1.29, 1.82) is 0 Å². The first-order valence-electron chi connectivity index (χ1n) is 9.73. The molecule has 136 valence electrons. The summed E-state index contributed by atoms with van der Waals surface area (Å²) in [6.45, 7) is 5.00. The van der Waals surface area contributed by atoms with Crippen LogP contribution in [0.4, 0.5) is 0 Å². The van der Waals surface area contributed by atoms with Crippen molar-refractivity contribution < 1.29 is 4.79 Å². The minimum atomic E-state index is -0.126. The summed E-state index contributed by atoms with van der Waals surface area (Å²) in [6.07, 6.45) is 3.76. The van der Waals surface area contributed by atoms with E-state index in [0.29, 0.717) is 24.2 Å². The molecule has 6 heteroatoms. The summed E-state index contributed by atoms with van der Waals surface area (Å²) in [5, 5.41) is 11.5. The molecule has 1 amide bonds. The fourth-order valence-corrected chi connectivity index (χ4v) is 4.46. The summed E-state index contributed by atoms with van der Waals surface area (Å²) in [4.78, 5) is 15.2. The highest BCUT2D eigenvalue weighted by Crippen LogP contribution is 2.36. The van der Waals surface area contributed by atoms with E-state index in [2.05, 4.69) is 25.0 Å². The highest BCUT2D eigenvalue weighted by Gasteiger charge is 2.40. The van der Waals surface area contributed by atoms with Gasteiger partial charge in [0, 0.05) is 39.1 Å². The van der Waals surface area contributed by atoms with Crippen LogP contribution in [0.15, 0.2) is 30.3 Å². The lowest BCUT2D eigenvalue weighted by atomic mass is 9.89. The first-order valence-corrected chi connectivity index (χ1v) is 9.73. The molecule has 2 atom stereocenters. The highest BCUT2D eigenvalue weighted by atomic mass is 16.2. The van der Waals surface area contributed by atoms with E-state index in [-0.39, 0.29) is 5.91 Å². The van der Waals surface area contributed by atoms with Gasteiger partial charge in [-0.2, -0.15) is 0 Å². The predicted molar refractivity (Wildman–Crippen MR) is 97.5 cm³/mol. The van der Waals surface area contributed by atoms with Crippen LogP contribution < -0.4 is 5.32 Å². The molecule has 2 aliphatic heterocycles. The Kier molecular flexibility index (Phi) is 4.00. The number of hydrogen-bond acceptors (Lipinski definition) is 4. The standard InChI is InChI=1S/C20H25N5O/c26-20(21-9-14-4-2-1-3-5-14)19-23-22-18-8-16-11-24(10-15-6-7-15)12-17(16)13-25(18)19/h1-5,15-17H,6-13H2,(H,21,26)/t16-,17-/m0/s1. The zero-order valence-corrected chi connectivity index (χ0v) is 15.0. The Bertz CT molecular complexity index is 798. The predicted octanol–water partition coefficient (Wildman–Crippen LogP) is 1.72. The largest absolute Gasteiger partial charge is 0.345 e. The quantitative estimate of drug-likeness (QED) is 0.891. The van der Waals surface area contributed by atoms with Gasteiger partial charge in [-0.05, 0) is 36.2 Å². The van der Waals surface area contributed by atoms with Crippen LogP contribution in [-0.2, 0) is 19.5 Å². The van der Waals surface area contributed by atoms with Crippen LogP contribution >= 0.6 is 0 Å². The second-order valence-corrected chi connectivity index (χ2v) is 8.10. The maximum atomic E-state index is 12.6. The summed E-state index contributed by atoms with van der Waals surface area (Å²) in [7, 11) is 0. The summed E-state index contributed by atoms with van der Waals surface area (Å²) in [6, 6.07) is 9.96. The van der Waals surface area contributed by atoms with Crippen molar-refractivity contribution in [2.45, 2.75) is 32.4 Å². The normalized spacial score (nSPS) is 24.9. The Balaban J connectivity index is 1.25. The number of rotatable bonds is 5. The van der Waals surface area contributed by atoms with Gasteiger partial charge in [0.1, 0.15) is 5.82 Å². The number of benzene rings is 1. The maximum absolute atomic E-state index is 12.6. The zero-order valence-electron chi connectivity index (χ0n) is 15.0. The molecule has 1 aromatic carbocycles. The number of carbonyl (C=O) groups excluding carboxylic acids is 1. The van der Waals surface area contributed by atoms with Crippen molar-refractivity contribution in [2.75, 3.05) is 19.6 Å². The van der Waals surface area contributed by atoms with Gasteiger partial charge in [-0.1, -0.05) is 30.3 Å². The van der Waals surface area contributed by atoms with Crippen molar-refractivity contribution in [2.24, 2.45) is 17.8 Å². The van der Waals surface area contributed by atoms with Gasteiger partial charge in [0.2, 0.25) is 5.82 Å². The first-order chi connectivity index (χ1) is 12.8. The number of hydrogen-bond donors (Lipinski definition) is 1. The molecule has 0 spiro atoms. The third-order valence-electron chi connectivity index (χ3n) is 6.05. The van der Waals surface area contributed by atoms with E-state index in [1.807, 2.05) is 30.3 Å². The van der Waals surface area contributed by atoms with Crippen molar-refractivity contribution in [3.8, 4) is 0 Å². The second-order valence-electron chi connectivity index (χ2n) is 8.10. The number of aromatic nitrogens is 3. The maximum Gasteiger partial charge on any atom is 0.289 e. The van der Waals surface area contributed by atoms with Gasteiger partial charge in [-0.25, -0.2) is 0 Å². The van der Waals surface area contributed by atoms with E-state index in [4.69, 9.17) is 0 Å². The summed E-state index contributed by atoms with van der Waals surface area (Å²) in [5.74, 6) is 3.55. The average Bonchev–Trinajstić information content (AvgIpc) is 3.24. The second kappa shape index (κ2) is 6.50. The van der Waals surface area contributed by atoms with Crippen molar-refractivity contribution >= 4 is 5.91 Å². The highest BCUT2D eigenvalue weighted by molar-refractivity contribution is 5.90. The van der Waals surface area contributed by atoms with Gasteiger partial charge < -0.3 is 14.8 Å². The molecular weight excluding hydrogens is 326 g/mol. The molecular formula is C20H25N5O. The van der Waals surface area contributed by atoms with Gasteiger partial charge in [0.05, 0.1) is 0 Å². The third-order valence-corrected chi connectivity index (χ3v) is 6.05. The minimum Gasteiger partial charge on any atom is -0.345 e. The van der Waals surface area contributed by atoms with Crippen molar-refractivity contribution in [3.05, 3.63) is 47.5 Å². The van der Waals surface area contributed by atoms with E-state index in [0.717, 1.165) is 36.8 Å². The lowest BCUT2D eigenvalue weighted by Crippen LogP contribution is -2.32. The number of nitrogens with one attached hydrogen (secondary N) is 1. The smallest absolute Gasteiger partial charge is 0.289 e. The molecule has 5 rings (SSSR count). The SMILES string of the molecule is O=C(NCc1ccccc1)c1nnc2n1C[C@@H]1CN(CC3CC3)C[C@@H]1C2. The molecule has 0 unspecified atom stereocenters. The van der Waals surface area contributed by atoms with E-state index >= 15 is 0 Å². The Morgan fingerprint density at radius 3 is 2.69 bits per heavy atom. The molecule has 6 nitrogen and oxygen atoms in total. The fraction of sp³-hybridized carbons (Fsp3) is 0.550. The molecule has 0 bridgehead atoms. The molecule has 1 saturated carbocycles. The molecule has 3 aliphatic rings. The molecule has 2 aromatic rings. The monoisotopic (exact) mass is 351 g/mol. The summed E-state index contributed by atoms with van der Waals surface area (Å²) in [5.41, 5.74) is 1.09. The Labute approximate surface area is 153 Å². The van der Waals surface area contributed by atoms with Crippen LogP contribution in [0.5, 0.6) is 0 Å². The molecule has 1 N–H and O–H groups in total. The van der Waals surface area contributed by atoms with E-state index < -0.39 is 0 Å². The van der Waals surface area contributed by atoms with E-state index in [1.165, 1.54) is 25.9 Å². The topological polar surface area (TPSA) is 63.1 Å². The molecule has 2 fully saturated rings. The molecule has 1 saturated heterocycles. The Morgan fingerprint density at radius 1 is 1.08 bits per heavy atom.